The van der Waals surface area contributed by atoms with Gasteiger partial charge in [0.15, 0.2) is 0 Å². The first-order valence-corrected chi connectivity index (χ1v) is 28.6. The van der Waals surface area contributed by atoms with E-state index < -0.39 is 5.41 Å². The molecule has 0 unspecified atom stereocenters. The van der Waals surface area contributed by atoms with E-state index in [2.05, 4.69) is 277 Å². The summed E-state index contributed by atoms with van der Waals surface area (Å²) in [6, 6.07) is 88.5. The van der Waals surface area contributed by atoms with E-state index in [4.69, 9.17) is 0 Å². The first-order chi connectivity index (χ1) is 37.9. The van der Waals surface area contributed by atoms with Crippen molar-refractivity contribution in [1.82, 2.24) is 0 Å². The molecule has 0 aliphatic heterocycles. The standard InChI is InChI=1S/C77H67N/c1-75(2,3)56-39-44-64-65-45-40-57(76(4,5)6)48-71(65)77(70(64)47-56)69-31-14-12-26-63(69)66-46-43-59(49-72(66)77)78(58-41-37-51(38-42-58)50-33-35-54(36-34-50)61-28-16-22-52-21-10-11-25-60(52)61)73-32-15-13-27-67(73)68-30-18-24-55-23-17-29-62(74(55)68)53-19-8-7-9-20-53/h10-18,21-49,53H,7-9,19-20H2,1-6H3. The molecule has 14 rings (SSSR count). The fourth-order valence-corrected chi connectivity index (χ4v) is 14.0. The number of anilines is 3. The summed E-state index contributed by atoms with van der Waals surface area (Å²) in [6.07, 6.45) is 6.43. The van der Waals surface area contributed by atoms with Gasteiger partial charge >= 0.3 is 0 Å². The van der Waals surface area contributed by atoms with Gasteiger partial charge in [0.05, 0.1) is 11.1 Å². The first kappa shape index (κ1) is 48.1. The fourth-order valence-electron chi connectivity index (χ4n) is 14.0. The Morgan fingerprint density at radius 1 is 0.359 bits per heavy atom. The third-order valence-corrected chi connectivity index (χ3v) is 18.0. The van der Waals surface area contributed by atoms with E-state index >= 15 is 0 Å². The molecule has 0 amide bonds. The zero-order valence-corrected chi connectivity index (χ0v) is 46.0. The van der Waals surface area contributed by atoms with E-state index in [1.54, 1.807) is 0 Å². The summed E-state index contributed by atoms with van der Waals surface area (Å²) in [7, 11) is 0. The SMILES string of the molecule is CC(C)(C)c1ccc2c(c1)C1(c3ccccc3-c3ccc(N(c4ccc(-c5ccc(-c6cccc7ccccc67)cc5)cc4)c4ccccc4-c4cccc5cccc(C6CCCCC6)c45)cc31)c1cc(C(C)(C)C)ccc1-2. The van der Waals surface area contributed by atoms with E-state index in [1.807, 2.05) is 0 Å². The van der Waals surface area contributed by atoms with Gasteiger partial charge < -0.3 is 4.90 Å². The second-order valence-electron chi connectivity index (χ2n) is 24.6. The molecule has 1 nitrogen and oxygen atoms in total. The predicted octanol–water partition coefficient (Wildman–Crippen LogP) is 21.5. The number of benzene rings is 11. The van der Waals surface area contributed by atoms with Gasteiger partial charge in [0, 0.05) is 16.9 Å². The van der Waals surface area contributed by atoms with Crippen molar-refractivity contribution < 1.29 is 0 Å². The molecule has 1 heteroatoms. The third kappa shape index (κ3) is 7.72. The lowest BCUT2D eigenvalue weighted by molar-refractivity contribution is 0.445. The van der Waals surface area contributed by atoms with Gasteiger partial charge in [-0.05, 0) is 170 Å². The molecule has 0 radical (unpaired) electrons. The largest absolute Gasteiger partial charge is 0.310 e. The zero-order chi connectivity index (χ0) is 52.9. The molecule has 1 spiro atoms. The van der Waals surface area contributed by atoms with Gasteiger partial charge in [-0.15, -0.1) is 0 Å². The van der Waals surface area contributed by atoms with Gasteiger partial charge in [0.2, 0.25) is 0 Å². The Morgan fingerprint density at radius 3 is 1.53 bits per heavy atom. The predicted molar refractivity (Wildman–Crippen MR) is 332 cm³/mol. The average Bonchev–Trinajstić information content (AvgIpc) is 3.46. The number of rotatable bonds is 7. The Morgan fingerprint density at radius 2 is 0.846 bits per heavy atom. The maximum absolute atomic E-state index is 2.58. The van der Waals surface area contributed by atoms with Gasteiger partial charge in [-0.3, -0.25) is 0 Å². The Hall–Kier alpha value is -8.26. The molecule has 3 aliphatic carbocycles. The van der Waals surface area contributed by atoms with Crippen LogP contribution in [-0.2, 0) is 16.2 Å². The van der Waals surface area contributed by atoms with Crippen molar-refractivity contribution in [3.63, 3.8) is 0 Å². The van der Waals surface area contributed by atoms with Crippen LogP contribution in [0.25, 0.3) is 77.2 Å². The molecule has 380 valence electrons. The molecule has 3 aliphatic rings. The second-order valence-corrected chi connectivity index (χ2v) is 24.6. The summed E-state index contributed by atoms with van der Waals surface area (Å²) in [5.41, 5.74) is 25.2. The van der Waals surface area contributed by atoms with Crippen LogP contribution in [0.1, 0.15) is 119 Å². The number of hydrogen-bond acceptors (Lipinski definition) is 1. The van der Waals surface area contributed by atoms with Gasteiger partial charge in [-0.25, -0.2) is 0 Å². The minimum Gasteiger partial charge on any atom is -0.310 e. The lowest BCUT2D eigenvalue weighted by Gasteiger charge is -2.34. The van der Waals surface area contributed by atoms with Gasteiger partial charge in [0.25, 0.3) is 0 Å². The van der Waals surface area contributed by atoms with Crippen LogP contribution >= 0.6 is 0 Å². The summed E-state index contributed by atoms with van der Waals surface area (Å²) >= 11 is 0. The second kappa shape index (κ2) is 18.5. The number of fused-ring (bicyclic) bond motifs is 12. The van der Waals surface area contributed by atoms with Crippen LogP contribution in [-0.4, -0.2) is 0 Å². The highest BCUT2D eigenvalue weighted by Crippen LogP contribution is 2.64. The van der Waals surface area contributed by atoms with Crippen LogP contribution in [0, 0.1) is 0 Å². The van der Waals surface area contributed by atoms with E-state index in [-0.39, 0.29) is 10.8 Å². The molecule has 11 aromatic carbocycles. The number of para-hydroxylation sites is 1. The highest BCUT2D eigenvalue weighted by atomic mass is 15.1. The molecule has 0 bridgehead atoms. The molecule has 1 saturated carbocycles. The highest BCUT2D eigenvalue weighted by molar-refractivity contribution is 6.04. The molecule has 0 saturated heterocycles. The summed E-state index contributed by atoms with van der Waals surface area (Å²) in [6.45, 7) is 14.1. The summed E-state index contributed by atoms with van der Waals surface area (Å²) in [5, 5.41) is 5.25. The quantitative estimate of drug-likeness (QED) is 0.154. The van der Waals surface area contributed by atoms with Crippen molar-refractivity contribution in [3.05, 3.63) is 269 Å². The summed E-state index contributed by atoms with van der Waals surface area (Å²) < 4.78 is 0. The van der Waals surface area contributed by atoms with Crippen molar-refractivity contribution in [2.45, 2.75) is 95.8 Å². The Balaban J connectivity index is 0.983. The molecule has 1 fully saturated rings. The van der Waals surface area contributed by atoms with Crippen LogP contribution in [0.15, 0.2) is 231 Å². The molecule has 11 aromatic rings. The van der Waals surface area contributed by atoms with Crippen LogP contribution in [0.4, 0.5) is 17.1 Å². The van der Waals surface area contributed by atoms with Crippen LogP contribution in [0.2, 0.25) is 0 Å². The minimum absolute atomic E-state index is 0.0334. The number of nitrogens with zero attached hydrogens (tertiary/aromatic N) is 1. The van der Waals surface area contributed by atoms with Crippen LogP contribution in [0.3, 0.4) is 0 Å². The van der Waals surface area contributed by atoms with Gasteiger partial charge in [-0.2, -0.15) is 0 Å². The molecule has 0 aromatic heterocycles. The zero-order valence-electron chi connectivity index (χ0n) is 46.0. The van der Waals surface area contributed by atoms with Crippen molar-refractivity contribution in [1.29, 1.82) is 0 Å². The van der Waals surface area contributed by atoms with Crippen LogP contribution in [0.5, 0.6) is 0 Å². The maximum Gasteiger partial charge on any atom is 0.0726 e. The van der Waals surface area contributed by atoms with Gasteiger partial charge in [-0.1, -0.05) is 261 Å². The monoisotopic (exact) mass is 1010 g/mol. The number of hydrogen-bond donors (Lipinski definition) is 0. The molecular weight excluding hydrogens is 939 g/mol. The normalized spacial score (nSPS) is 14.6. The van der Waals surface area contributed by atoms with Crippen LogP contribution < -0.4 is 4.90 Å². The molecule has 0 atom stereocenters. The van der Waals surface area contributed by atoms with E-state index in [9.17, 15) is 0 Å². The van der Waals surface area contributed by atoms with Crippen molar-refractivity contribution >= 4 is 38.6 Å². The Bertz CT molecular complexity index is 4060. The van der Waals surface area contributed by atoms with Crippen molar-refractivity contribution in [2.24, 2.45) is 0 Å². The fraction of sp³-hybridized carbons (Fsp3) is 0.195. The Kier molecular flexibility index (Phi) is 11.4. The molecule has 0 heterocycles. The third-order valence-electron chi connectivity index (χ3n) is 18.0. The van der Waals surface area contributed by atoms with E-state index in [0.29, 0.717) is 5.92 Å². The van der Waals surface area contributed by atoms with Gasteiger partial charge in [0.1, 0.15) is 0 Å². The first-order valence-electron chi connectivity index (χ1n) is 28.6. The van der Waals surface area contributed by atoms with E-state index in [1.165, 1.54) is 148 Å². The van der Waals surface area contributed by atoms with Crippen molar-refractivity contribution in [3.8, 4) is 55.6 Å². The maximum atomic E-state index is 2.58. The van der Waals surface area contributed by atoms with E-state index in [0.717, 1.165) is 17.1 Å². The smallest absolute Gasteiger partial charge is 0.0726 e. The molecular formula is C77H67N. The van der Waals surface area contributed by atoms with Crippen molar-refractivity contribution in [2.75, 3.05) is 4.90 Å². The summed E-state index contributed by atoms with van der Waals surface area (Å²) in [5.74, 6) is 0.560. The highest BCUT2D eigenvalue weighted by Gasteiger charge is 2.52. The lowest BCUT2D eigenvalue weighted by atomic mass is 9.68. The minimum atomic E-state index is -0.535. The topological polar surface area (TPSA) is 3.24 Å². The summed E-state index contributed by atoms with van der Waals surface area (Å²) in [4.78, 5) is 2.57. The lowest BCUT2D eigenvalue weighted by Crippen LogP contribution is -2.27. The average molecular weight is 1010 g/mol. The molecule has 78 heavy (non-hydrogen) atoms. The Labute approximate surface area is 461 Å². The molecule has 0 N–H and O–H groups in total.